The summed E-state index contributed by atoms with van der Waals surface area (Å²) in [6, 6.07) is 6.19. The van der Waals surface area contributed by atoms with Gasteiger partial charge in [-0.05, 0) is 52.3 Å². The van der Waals surface area contributed by atoms with E-state index >= 15 is 0 Å². The van der Waals surface area contributed by atoms with Crippen LogP contribution in [0.25, 0.3) is 0 Å². The number of methoxy groups -OCH3 is 1. The summed E-state index contributed by atoms with van der Waals surface area (Å²) in [4.78, 5) is 26.5. The topological polar surface area (TPSA) is 65.1 Å². The van der Waals surface area contributed by atoms with Crippen molar-refractivity contribution in [3.05, 3.63) is 34.9 Å². The smallest absolute Gasteiger partial charge is 0.412 e. The van der Waals surface area contributed by atoms with Crippen molar-refractivity contribution in [1.82, 2.24) is 4.90 Å². The van der Waals surface area contributed by atoms with E-state index in [0.29, 0.717) is 5.02 Å². The monoisotopic (exact) mass is 385 g/mol. The van der Waals surface area contributed by atoms with Gasteiger partial charge in [-0.1, -0.05) is 23.7 Å². The van der Waals surface area contributed by atoms with Crippen LogP contribution < -0.4 is 0 Å². The van der Waals surface area contributed by atoms with Crippen molar-refractivity contribution in [3.8, 4) is 0 Å². The zero-order chi connectivity index (χ0) is 19.9. The molecule has 1 rings (SSSR count). The van der Waals surface area contributed by atoms with E-state index in [0.717, 1.165) is 5.56 Å². The Kier molecular flexibility index (Phi) is 8.37. The van der Waals surface area contributed by atoms with Crippen LogP contribution in [-0.4, -0.2) is 48.5 Å². The molecule has 0 N–H and O–H groups in total. The molecule has 146 valence electrons. The molecule has 0 bridgehead atoms. The lowest BCUT2D eigenvalue weighted by atomic mass is 10.0. The highest BCUT2D eigenvalue weighted by atomic mass is 35.5. The first-order chi connectivity index (χ1) is 12.0. The highest BCUT2D eigenvalue weighted by Crippen LogP contribution is 2.18. The number of halogens is 1. The number of carbonyl (C=O) groups excluding carboxylic acids is 2. The van der Waals surface area contributed by atoms with E-state index in [4.69, 9.17) is 25.8 Å². The molecule has 0 aliphatic carbocycles. The maximum absolute atomic E-state index is 12.7. The van der Waals surface area contributed by atoms with Crippen LogP contribution in [0.1, 0.15) is 40.2 Å². The Hall–Kier alpha value is -1.79. The summed E-state index contributed by atoms with van der Waals surface area (Å²) in [5.41, 5.74) is 0.139. The first-order valence-corrected chi connectivity index (χ1v) is 8.84. The lowest BCUT2D eigenvalue weighted by molar-refractivity contribution is -0.155. The molecule has 0 spiro atoms. The van der Waals surface area contributed by atoms with Crippen LogP contribution in [-0.2, 0) is 25.4 Å². The normalized spacial score (nSPS) is 12.6. The van der Waals surface area contributed by atoms with Gasteiger partial charge in [0.05, 0.1) is 6.10 Å². The summed E-state index contributed by atoms with van der Waals surface area (Å²) in [5.74, 6) is -0.516. The molecule has 1 amide bonds. The molecule has 1 aromatic rings. The molecular formula is C19H28ClNO5. The number of amides is 1. The average molecular weight is 386 g/mol. The molecular weight excluding hydrogens is 358 g/mol. The van der Waals surface area contributed by atoms with E-state index in [9.17, 15) is 9.59 Å². The molecule has 0 aromatic heterocycles. The van der Waals surface area contributed by atoms with Crippen molar-refractivity contribution in [2.75, 3.05) is 13.8 Å². The van der Waals surface area contributed by atoms with Gasteiger partial charge in [-0.25, -0.2) is 9.59 Å². The van der Waals surface area contributed by atoms with Gasteiger partial charge in [-0.2, -0.15) is 0 Å². The van der Waals surface area contributed by atoms with E-state index in [1.807, 2.05) is 0 Å². The number of ether oxygens (including phenoxy) is 3. The van der Waals surface area contributed by atoms with Crippen molar-refractivity contribution in [1.29, 1.82) is 0 Å². The third-order valence-corrected chi connectivity index (χ3v) is 3.49. The molecule has 0 aliphatic rings. The number of rotatable bonds is 7. The number of hydrogen-bond acceptors (Lipinski definition) is 5. The molecule has 1 aromatic carbocycles. The van der Waals surface area contributed by atoms with Gasteiger partial charge in [0.25, 0.3) is 0 Å². The maximum Gasteiger partial charge on any atom is 0.412 e. The third kappa shape index (κ3) is 7.62. The lowest BCUT2D eigenvalue weighted by Gasteiger charge is -2.32. The third-order valence-electron chi connectivity index (χ3n) is 3.24. The van der Waals surface area contributed by atoms with Crippen molar-refractivity contribution in [2.24, 2.45) is 0 Å². The van der Waals surface area contributed by atoms with Crippen LogP contribution in [0.15, 0.2) is 24.3 Å². The molecule has 1 atom stereocenters. The van der Waals surface area contributed by atoms with Crippen LogP contribution in [0.2, 0.25) is 5.02 Å². The number of hydrogen-bond donors (Lipinski definition) is 0. The minimum absolute atomic E-state index is 0.0969. The fourth-order valence-electron chi connectivity index (χ4n) is 2.20. The fraction of sp³-hybridized carbons (Fsp3) is 0.579. The van der Waals surface area contributed by atoms with Gasteiger partial charge in [0, 0.05) is 18.6 Å². The molecule has 0 aliphatic heterocycles. The highest BCUT2D eigenvalue weighted by Gasteiger charge is 2.34. The molecule has 0 saturated carbocycles. The van der Waals surface area contributed by atoms with Crippen LogP contribution in [0, 0.1) is 0 Å². The SMILES string of the molecule is COCN(C(=O)OC(C)(C)C)[C@@H](Cc1ccc(Cl)cc1)C(=O)OC(C)C. The second-order valence-electron chi connectivity index (χ2n) is 7.20. The van der Waals surface area contributed by atoms with Crippen molar-refractivity contribution < 1.29 is 23.8 Å². The second-order valence-corrected chi connectivity index (χ2v) is 7.64. The Morgan fingerprint density at radius 1 is 1.15 bits per heavy atom. The first kappa shape index (κ1) is 22.3. The summed E-state index contributed by atoms with van der Waals surface area (Å²) in [7, 11) is 1.45. The average Bonchev–Trinajstić information content (AvgIpc) is 2.50. The predicted molar refractivity (Wildman–Crippen MR) is 100 cm³/mol. The highest BCUT2D eigenvalue weighted by molar-refractivity contribution is 6.30. The van der Waals surface area contributed by atoms with Gasteiger partial charge in [0.1, 0.15) is 18.4 Å². The Balaban J connectivity index is 3.13. The second kappa shape index (κ2) is 9.78. The molecule has 26 heavy (non-hydrogen) atoms. The summed E-state index contributed by atoms with van der Waals surface area (Å²) >= 11 is 5.92. The van der Waals surface area contributed by atoms with E-state index < -0.39 is 23.7 Å². The maximum atomic E-state index is 12.7. The Labute approximate surface area is 160 Å². The molecule has 0 saturated heterocycles. The number of nitrogens with zero attached hydrogens (tertiary/aromatic N) is 1. The van der Waals surface area contributed by atoms with Gasteiger partial charge in [-0.15, -0.1) is 0 Å². The molecule has 0 radical (unpaired) electrons. The van der Waals surface area contributed by atoms with Crippen molar-refractivity contribution >= 4 is 23.7 Å². The Morgan fingerprint density at radius 3 is 2.19 bits per heavy atom. The molecule has 0 fully saturated rings. The number of benzene rings is 1. The van der Waals surface area contributed by atoms with Gasteiger partial charge < -0.3 is 14.2 Å². The van der Waals surface area contributed by atoms with E-state index in [2.05, 4.69) is 0 Å². The van der Waals surface area contributed by atoms with Gasteiger partial charge in [0.15, 0.2) is 0 Å². The van der Waals surface area contributed by atoms with Crippen LogP contribution >= 0.6 is 11.6 Å². The first-order valence-electron chi connectivity index (χ1n) is 8.47. The lowest BCUT2D eigenvalue weighted by Crippen LogP contribution is -2.50. The molecule has 7 heteroatoms. The molecule has 0 unspecified atom stereocenters. The van der Waals surface area contributed by atoms with Gasteiger partial charge in [-0.3, -0.25) is 4.90 Å². The zero-order valence-electron chi connectivity index (χ0n) is 16.2. The summed E-state index contributed by atoms with van der Waals surface area (Å²) in [5, 5.41) is 0.593. The minimum atomic E-state index is -0.881. The Morgan fingerprint density at radius 2 is 1.73 bits per heavy atom. The molecule has 6 nitrogen and oxygen atoms in total. The standard InChI is InChI=1S/C19H28ClNO5/c1-13(2)25-17(22)16(11-14-7-9-15(20)10-8-14)21(12-24-6)18(23)26-19(3,4)5/h7-10,13,16H,11-12H2,1-6H3/t16-/m0/s1. The van der Waals surface area contributed by atoms with Crippen molar-refractivity contribution in [3.63, 3.8) is 0 Å². The van der Waals surface area contributed by atoms with Gasteiger partial charge in [0.2, 0.25) is 0 Å². The van der Waals surface area contributed by atoms with Gasteiger partial charge >= 0.3 is 12.1 Å². The summed E-state index contributed by atoms with van der Waals surface area (Å²) < 4.78 is 15.9. The fourth-order valence-corrected chi connectivity index (χ4v) is 2.33. The number of esters is 1. The van der Waals surface area contributed by atoms with E-state index in [-0.39, 0.29) is 19.3 Å². The van der Waals surface area contributed by atoms with Crippen LogP contribution in [0.3, 0.4) is 0 Å². The van der Waals surface area contributed by atoms with Crippen LogP contribution in [0.4, 0.5) is 4.79 Å². The molecule has 0 heterocycles. The van der Waals surface area contributed by atoms with Crippen molar-refractivity contribution in [2.45, 2.75) is 58.8 Å². The van der Waals surface area contributed by atoms with E-state index in [1.165, 1.54) is 12.0 Å². The number of carbonyl (C=O) groups is 2. The summed E-state index contributed by atoms with van der Waals surface area (Å²) in [6.45, 7) is 8.70. The van der Waals surface area contributed by atoms with Crippen LogP contribution in [0.5, 0.6) is 0 Å². The van der Waals surface area contributed by atoms with E-state index in [1.54, 1.807) is 58.9 Å². The zero-order valence-corrected chi connectivity index (χ0v) is 17.0. The minimum Gasteiger partial charge on any atom is -0.461 e. The quantitative estimate of drug-likeness (QED) is 0.523. The Bertz CT molecular complexity index is 595. The largest absolute Gasteiger partial charge is 0.461 e. The summed E-state index contributed by atoms with van der Waals surface area (Å²) in [6.07, 6.45) is -0.692. The predicted octanol–water partition coefficient (Wildman–Crippen LogP) is 4.04.